The Balaban J connectivity index is 2.18. The first-order chi connectivity index (χ1) is 10.6. The Kier molecular flexibility index (Phi) is 5.32. The molecule has 6 heteroatoms. The fourth-order valence-electron chi connectivity index (χ4n) is 2.00. The molecule has 0 aromatic heterocycles. The minimum Gasteiger partial charge on any atom is -0.478 e. The summed E-state index contributed by atoms with van der Waals surface area (Å²) < 4.78 is 9.43. The third kappa shape index (κ3) is 5.06. The predicted octanol–water partition coefficient (Wildman–Crippen LogP) is 2.77. The van der Waals surface area contributed by atoms with Crippen LogP contribution >= 0.6 is 0 Å². The number of carbonyl (C=O) groups is 2. The minimum absolute atomic E-state index is 0.00185. The van der Waals surface area contributed by atoms with Crippen LogP contribution in [0.25, 0.3) is 6.08 Å². The summed E-state index contributed by atoms with van der Waals surface area (Å²) in [5.74, 6) is -1.71. The molecule has 2 atom stereocenters. The van der Waals surface area contributed by atoms with Gasteiger partial charge in [0.25, 0.3) is 0 Å². The highest BCUT2D eigenvalue weighted by molar-refractivity contribution is 5.87. The molecule has 0 bridgehead atoms. The highest BCUT2D eigenvalue weighted by atomic mass is 16.7. The van der Waals surface area contributed by atoms with E-state index in [4.69, 9.17) is 9.84 Å². The molecule has 6 nitrogen and oxygen atoms in total. The van der Waals surface area contributed by atoms with Crippen LogP contribution in [0.15, 0.2) is 48.2 Å². The summed E-state index contributed by atoms with van der Waals surface area (Å²) in [6.07, 6.45) is 3.20. The number of carboxylic acids is 1. The number of benzene rings is 1. The van der Waals surface area contributed by atoms with Gasteiger partial charge in [0.1, 0.15) is 6.26 Å². The molecule has 1 aliphatic heterocycles. The van der Waals surface area contributed by atoms with Crippen LogP contribution in [0.1, 0.15) is 12.0 Å². The van der Waals surface area contributed by atoms with Gasteiger partial charge in [-0.15, -0.1) is 0 Å². The van der Waals surface area contributed by atoms with Gasteiger partial charge in [-0.25, -0.2) is 9.59 Å². The Bertz CT molecular complexity index is 586. The number of hydrogen-bond donors (Lipinski definition) is 2. The Morgan fingerprint density at radius 1 is 1.32 bits per heavy atom. The lowest BCUT2D eigenvalue weighted by molar-refractivity contribution is -0.133. The third-order valence-corrected chi connectivity index (χ3v) is 3.17. The van der Waals surface area contributed by atoms with Gasteiger partial charge in [-0.3, -0.25) is 0 Å². The van der Waals surface area contributed by atoms with E-state index in [2.05, 4.69) is 4.74 Å². The van der Waals surface area contributed by atoms with Gasteiger partial charge in [-0.1, -0.05) is 42.5 Å². The lowest BCUT2D eigenvalue weighted by atomic mass is 9.93. The summed E-state index contributed by atoms with van der Waals surface area (Å²) in [5, 5.41) is 17.8. The first-order valence-electron chi connectivity index (χ1n) is 6.74. The van der Waals surface area contributed by atoms with Crippen LogP contribution in [0.2, 0.25) is 0 Å². The molecule has 1 saturated heterocycles. The standard InChI is InChI=1S/C16H16O6/c17-15(18)14(10-22-16(19)20)12(8-13-9-21-13)7-6-11-4-2-1-3-5-11/h1-7,10,12-13H,8-9H2,(H,17,18)(H,19,20). The van der Waals surface area contributed by atoms with Crippen molar-refractivity contribution in [3.05, 3.63) is 53.8 Å². The van der Waals surface area contributed by atoms with E-state index in [-0.39, 0.29) is 11.7 Å². The molecule has 116 valence electrons. The molecule has 0 aliphatic carbocycles. The highest BCUT2D eigenvalue weighted by Crippen LogP contribution is 2.27. The van der Waals surface area contributed by atoms with E-state index in [0.717, 1.165) is 11.8 Å². The lowest BCUT2D eigenvalue weighted by Gasteiger charge is -2.12. The molecule has 0 amide bonds. The number of ether oxygens (including phenoxy) is 2. The van der Waals surface area contributed by atoms with Crippen molar-refractivity contribution in [2.24, 2.45) is 5.92 Å². The van der Waals surface area contributed by atoms with Crippen molar-refractivity contribution in [2.45, 2.75) is 12.5 Å². The van der Waals surface area contributed by atoms with Crippen molar-refractivity contribution in [2.75, 3.05) is 6.61 Å². The van der Waals surface area contributed by atoms with Crippen molar-refractivity contribution in [3.8, 4) is 0 Å². The number of aliphatic carboxylic acids is 1. The Morgan fingerprint density at radius 2 is 2.00 bits per heavy atom. The quantitative estimate of drug-likeness (QED) is 0.348. The van der Waals surface area contributed by atoms with E-state index in [0.29, 0.717) is 13.0 Å². The summed E-state index contributed by atoms with van der Waals surface area (Å²) >= 11 is 0. The molecular formula is C16H16O6. The second-order valence-corrected chi connectivity index (χ2v) is 4.83. The Hall–Kier alpha value is -2.60. The molecule has 1 heterocycles. The van der Waals surface area contributed by atoms with Gasteiger partial charge in [0.2, 0.25) is 0 Å². The van der Waals surface area contributed by atoms with E-state index in [9.17, 15) is 14.7 Å². The molecule has 2 rings (SSSR count). The first kappa shape index (κ1) is 15.8. The zero-order valence-electron chi connectivity index (χ0n) is 11.7. The molecule has 1 aliphatic rings. The lowest BCUT2D eigenvalue weighted by Crippen LogP contribution is -2.14. The monoisotopic (exact) mass is 304 g/mol. The molecule has 0 saturated carbocycles. The van der Waals surface area contributed by atoms with E-state index in [1.54, 1.807) is 12.2 Å². The second kappa shape index (κ2) is 7.42. The average Bonchev–Trinajstić information content (AvgIpc) is 3.29. The van der Waals surface area contributed by atoms with Gasteiger partial charge >= 0.3 is 12.1 Å². The molecule has 0 spiro atoms. The number of rotatable bonds is 7. The molecule has 1 aromatic carbocycles. The minimum atomic E-state index is -1.55. The van der Waals surface area contributed by atoms with Crippen LogP contribution in [-0.2, 0) is 14.3 Å². The molecule has 0 radical (unpaired) electrons. The maximum atomic E-state index is 11.4. The second-order valence-electron chi connectivity index (χ2n) is 4.83. The normalized spacial score (nSPS) is 18.9. The molecule has 2 unspecified atom stereocenters. The van der Waals surface area contributed by atoms with Crippen molar-refractivity contribution in [1.82, 2.24) is 0 Å². The fraction of sp³-hybridized carbons (Fsp3) is 0.250. The van der Waals surface area contributed by atoms with Gasteiger partial charge in [0, 0.05) is 5.92 Å². The predicted molar refractivity (Wildman–Crippen MR) is 78.2 cm³/mol. The molecule has 1 fully saturated rings. The number of carboxylic acid groups (broad SMARTS) is 2. The maximum absolute atomic E-state index is 11.4. The van der Waals surface area contributed by atoms with E-state index in [1.807, 2.05) is 30.3 Å². The van der Waals surface area contributed by atoms with Crippen molar-refractivity contribution < 1.29 is 29.3 Å². The van der Waals surface area contributed by atoms with E-state index >= 15 is 0 Å². The molecule has 1 aromatic rings. The number of epoxide rings is 1. The van der Waals surface area contributed by atoms with Crippen LogP contribution in [-0.4, -0.2) is 35.0 Å². The largest absolute Gasteiger partial charge is 0.510 e. The molecular weight excluding hydrogens is 288 g/mol. The first-order valence-corrected chi connectivity index (χ1v) is 6.74. The van der Waals surface area contributed by atoms with Gasteiger partial charge in [0.05, 0.1) is 18.3 Å². The Morgan fingerprint density at radius 3 is 2.55 bits per heavy atom. The molecule has 22 heavy (non-hydrogen) atoms. The summed E-state index contributed by atoms with van der Waals surface area (Å²) in [6, 6.07) is 9.41. The zero-order chi connectivity index (χ0) is 15.9. The Labute approximate surface area is 127 Å². The SMILES string of the molecule is O=C(O)OC=C(C(=O)O)C(C=Cc1ccccc1)CC1CO1. The zero-order valence-corrected chi connectivity index (χ0v) is 11.7. The van der Waals surface area contributed by atoms with Gasteiger partial charge in [-0.05, 0) is 12.0 Å². The van der Waals surface area contributed by atoms with Crippen LogP contribution in [0.3, 0.4) is 0 Å². The van der Waals surface area contributed by atoms with Crippen molar-refractivity contribution in [1.29, 1.82) is 0 Å². The molecule has 2 N–H and O–H groups in total. The summed E-state index contributed by atoms with van der Waals surface area (Å²) in [4.78, 5) is 21.8. The van der Waals surface area contributed by atoms with Crippen molar-refractivity contribution in [3.63, 3.8) is 0 Å². The summed E-state index contributed by atoms with van der Waals surface area (Å²) in [6.45, 7) is 0.586. The van der Waals surface area contributed by atoms with E-state index in [1.165, 1.54) is 0 Å². The van der Waals surface area contributed by atoms with Crippen LogP contribution in [0.5, 0.6) is 0 Å². The summed E-state index contributed by atoms with van der Waals surface area (Å²) in [5.41, 5.74) is 0.804. The van der Waals surface area contributed by atoms with Gasteiger partial charge in [-0.2, -0.15) is 0 Å². The number of hydrogen-bond acceptors (Lipinski definition) is 4. The smallest absolute Gasteiger partial charge is 0.478 e. The third-order valence-electron chi connectivity index (χ3n) is 3.17. The van der Waals surface area contributed by atoms with Crippen LogP contribution in [0.4, 0.5) is 4.79 Å². The van der Waals surface area contributed by atoms with E-state index < -0.39 is 18.0 Å². The van der Waals surface area contributed by atoms with Crippen LogP contribution in [0, 0.1) is 5.92 Å². The van der Waals surface area contributed by atoms with Gasteiger partial charge < -0.3 is 19.7 Å². The van der Waals surface area contributed by atoms with Crippen molar-refractivity contribution >= 4 is 18.2 Å². The average molecular weight is 304 g/mol. The number of allylic oxidation sites excluding steroid dienone is 1. The van der Waals surface area contributed by atoms with Crippen LogP contribution < -0.4 is 0 Å². The maximum Gasteiger partial charge on any atom is 0.510 e. The topological polar surface area (TPSA) is 96.4 Å². The van der Waals surface area contributed by atoms with Gasteiger partial charge in [0.15, 0.2) is 0 Å². The summed E-state index contributed by atoms with van der Waals surface area (Å²) in [7, 11) is 0. The highest BCUT2D eigenvalue weighted by Gasteiger charge is 2.30. The fourth-order valence-corrected chi connectivity index (χ4v) is 2.00.